The number of halogens is 3. The van der Waals surface area contributed by atoms with Crippen molar-refractivity contribution >= 4 is 34.8 Å². The van der Waals surface area contributed by atoms with Gasteiger partial charge in [0.2, 0.25) is 5.75 Å². The van der Waals surface area contributed by atoms with Gasteiger partial charge < -0.3 is 10.1 Å². The Balaban J connectivity index is 2.10. The van der Waals surface area contributed by atoms with Crippen LogP contribution in [0, 0.1) is 15.9 Å². The summed E-state index contributed by atoms with van der Waals surface area (Å²) in [5.41, 5.74) is 0.216. The van der Waals surface area contributed by atoms with Gasteiger partial charge >= 0.3 is 5.69 Å². The highest BCUT2D eigenvalue weighted by Gasteiger charge is 2.23. The van der Waals surface area contributed by atoms with Gasteiger partial charge in [-0.1, -0.05) is 29.3 Å². The van der Waals surface area contributed by atoms with Crippen molar-refractivity contribution in [1.29, 1.82) is 0 Å². The summed E-state index contributed by atoms with van der Waals surface area (Å²) in [6.45, 7) is 3.12. The molecule has 0 unspecified atom stereocenters. The van der Waals surface area contributed by atoms with Crippen molar-refractivity contribution in [3.8, 4) is 5.75 Å². The van der Waals surface area contributed by atoms with E-state index in [4.69, 9.17) is 27.9 Å². The molecule has 0 radical (unpaired) electrons. The molecule has 9 heteroatoms. The molecule has 0 fully saturated rings. The van der Waals surface area contributed by atoms with Gasteiger partial charge in [-0.3, -0.25) is 14.9 Å². The second kappa shape index (κ2) is 8.33. The van der Waals surface area contributed by atoms with Gasteiger partial charge in [0.15, 0.2) is 6.10 Å². The molecular formula is C17H15Cl2FN2O4. The monoisotopic (exact) mass is 400 g/mol. The molecule has 2 atom stereocenters. The number of carbonyl (C=O) groups excluding carboxylic acids is 1. The molecule has 1 amide bonds. The first-order chi connectivity index (χ1) is 12.2. The minimum Gasteiger partial charge on any atom is -0.474 e. The molecule has 0 saturated carbocycles. The second-order valence-electron chi connectivity index (χ2n) is 5.53. The Morgan fingerprint density at radius 2 is 1.92 bits per heavy atom. The van der Waals surface area contributed by atoms with E-state index in [9.17, 15) is 19.3 Å². The maximum Gasteiger partial charge on any atom is 0.311 e. The van der Waals surface area contributed by atoms with Gasteiger partial charge in [-0.05, 0) is 37.6 Å². The fourth-order valence-corrected chi connectivity index (χ4v) is 2.81. The summed E-state index contributed by atoms with van der Waals surface area (Å²) in [7, 11) is 0. The van der Waals surface area contributed by atoms with Crippen LogP contribution < -0.4 is 10.1 Å². The van der Waals surface area contributed by atoms with Gasteiger partial charge in [-0.15, -0.1) is 0 Å². The molecule has 0 aliphatic heterocycles. The quantitative estimate of drug-likeness (QED) is 0.563. The van der Waals surface area contributed by atoms with E-state index in [1.165, 1.54) is 6.92 Å². The molecule has 0 aromatic heterocycles. The van der Waals surface area contributed by atoms with E-state index in [2.05, 4.69) is 5.32 Å². The number of nitro benzene ring substituents is 1. The van der Waals surface area contributed by atoms with Crippen LogP contribution in [0.1, 0.15) is 25.5 Å². The van der Waals surface area contributed by atoms with Gasteiger partial charge in [-0.25, -0.2) is 4.39 Å². The predicted molar refractivity (Wildman–Crippen MR) is 96.2 cm³/mol. The topological polar surface area (TPSA) is 81.5 Å². The first kappa shape index (κ1) is 19.9. The number of rotatable bonds is 6. The maximum absolute atomic E-state index is 13.3. The molecule has 26 heavy (non-hydrogen) atoms. The summed E-state index contributed by atoms with van der Waals surface area (Å²) in [6, 6.07) is 7.20. The molecule has 0 aliphatic rings. The third-order valence-electron chi connectivity index (χ3n) is 3.58. The minimum absolute atomic E-state index is 0.324. The molecule has 1 N–H and O–H groups in total. The lowest BCUT2D eigenvalue weighted by Crippen LogP contribution is -2.38. The summed E-state index contributed by atoms with van der Waals surface area (Å²) in [5, 5.41) is 14.5. The highest BCUT2D eigenvalue weighted by molar-refractivity contribution is 6.35. The van der Waals surface area contributed by atoms with Crippen LogP contribution in [0.3, 0.4) is 0 Å². The van der Waals surface area contributed by atoms with Crippen molar-refractivity contribution in [2.24, 2.45) is 0 Å². The Morgan fingerprint density at radius 1 is 1.23 bits per heavy atom. The van der Waals surface area contributed by atoms with Crippen LogP contribution >= 0.6 is 23.2 Å². The molecule has 0 spiro atoms. The Hall–Kier alpha value is -2.38. The number of ether oxygens (including phenoxy) is 1. The Kier molecular flexibility index (Phi) is 6.39. The summed E-state index contributed by atoms with van der Waals surface area (Å²) < 4.78 is 18.6. The fourth-order valence-electron chi connectivity index (χ4n) is 2.24. The average molecular weight is 401 g/mol. The van der Waals surface area contributed by atoms with Gasteiger partial charge in [0.05, 0.1) is 11.0 Å². The number of nitrogens with zero attached hydrogens (tertiary/aromatic N) is 1. The van der Waals surface area contributed by atoms with Gasteiger partial charge in [0.1, 0.15) is 5.82 Å². The molecule has 2 aromatic carbocycles. The zero-order valence-corrected chi connectivity index (χ0v) is 15.3. The number of carbonyl (C=O) groups is 1. The zero-order chi connectivity index (χ0) is 19.4. The van der Waals surface area contributed by atoms with Gasteiger partial charge in [0, 0.05) is 22.2 Å². The highest BCUT2D eigenvalue weighted by atomic mass is 35.5. The lowest BCUT2D eigenvalue weighted by atomic mass is 10.1. The van der Waals surface area contributed by atoms with Crippen molar-refractivity contribution in [2.75, 3.05) is 0 Å². The van der Waals surface area contributed by atoms with Crippen molar-refractivity contribution in [3.63, 3.8) is 0 Å². The lowest BCUT2D eigenvalue weighted by molar-refractivity contribution is -0.386. The molecule has 6 nitrogen and oxygen atoms in total. The summed E-state index contributed by atoms with van der Waals surface area (Å²) in [4.78, 5) is 22.6. The zero-order valence-electron chi connectivity index (χ0n) is 13.8. The Morgan fingerprint density at radius 3 is 2.54 bits per heavy atom. The number of benzene rings is 2. The van der Waals surface area contributed by atoms with Gasteiger partial charge in [-0.2, -0.15) is 0 Å². The lowest BCUT2D eigenvalue weighted by Gasteiger charge is -2.20. The summed E-state index contributed by atoms with van der Waals surface area (Å²) in [6.07, 6.45) is -1.09. The smallest absolute Gasteiger partial charge is 0.311 e. The van der Waals surface area contributed by atoms with Crippen molar-refractivity contribution in [1.82, 2.24) is 5.32 Å². The SMILES string of the molecule is C[C@H](NC(=O)[C@@H](C)Oc1cc(F)ccc1[N+](=O)[O-])c1ccc(Cl)cc1Cl. The van der Waals surface area contributed by atoms with Crippen LogP contribution in [0.2, 0.25) is 10.0 Å². The van der Waals surface area contributed by atoms with Crippen molar-refractivity contribution < 1.29 is 18.8 Å². The van der Waals surface area contributed by atoms with E-state index >= 15 is 0 Å². The largest absolute Gasteiger partial charge is 0.474 e. The second-order valence-corrected chi connectivity index (χ2v) is 6.37. The molecule has 0 aliphatic carbocycles. The molecule has 0 saturated heterocycles. The molecular weight excluding hydrogens is 386 g/mol. The number of amides is 1. The van der Waals surface area contributed by atoms with E-state index in [0.717, 1.165) is 18.2 Å². The molecule has 2 aromatic rings. The van der Waals surface area contributed by atoms with Crippen LogP contribution in [0.15, 0.2) is 36.4 Å². The standard InChI is InChI=1S/C17H15Cl2FN2O4/c1-9(13-5-3-11(18)7-14(13)19)21-17(23)10(2)26-16-8-12(20)4-6-15(16)22(24)25/h3-10H,1-2H3,(H,21,23)/t9-,10+/m0/s1. The van der Waals surface area contributed by atoms with E-state index < -0.39 is 34.5 Å². The fraction of sp³-hybridized carbons (Fsp3) is 0.235. The number of hydrogen-bond donors (Lipinski definition) is 1. The van der Waals surface area contributed by atoms with Crippen molar-refractivity contribution in [3.05, 3.63) is 67.9 Å². The third kappa shape index (κ3) is 4.83. The first-order valence-electron chi connectivity index (χ1n) is 7.55. The van der Waals surface area contributed by atoms with E-state index in [1.54, 1.807) is 25.1 Å². The normalized spacial score (nSPS) is 13.0. The number of nitrogens with one attached hydrogen (secondary N) is 1. The van der Waals surface area contributed by atoms with Crippen LogP contribution in [0.25, 0.3) is 0 Å². The third-order valence-corrected chi connectivity index (χ3v) is 4.14. The summed E-state index contributed by atoms with van der Waals surface area (Å²) in [5.74, 6) is -1.57. The molecule has 0 heterocycles. The number of hydrogen-bond acceptors (Lipinski definition) is 4. The van der Waals surface area contributed by atoms with E-state index in [1.807, 2.05) is 0 Å². The average Bonchev–Trinajstić information content (AvgIpc) is 2.54. The molecule has 0 bridgehead atoms. The van der Waals surface area contributed by atoms with Crippen LogP contribution in [-0.4, -0.2) is 16.9 Å². The predicted octanol–water partition coefficient (Wildman–Crippen LogP) is 4.69. The first-order valence-corrected chi connectivity index (χ1v) is 8.30. The minimum atomic E-state index is -1.09. The summed E-state index contributed by atoms with van der Waals surface area (Å²) >= 11 is 12.0. The van der Waals surface area contributed by atoms with Crippen molar-refractivity contribution in [2.45, 2.75) is 26.0 Å². The van der Waals surface area contributed by atoms with E-state index in [-0.39, 0.29) is 5.75 Å². The number of nitro groups is 1. The molecule has 138 valence electrons. The van der Waals surface area contributed by atoms with Crippen LogP contribution in [-0.2, 0) is 4.79 Å². The van der Waals surface area contributed by atoms with Crippen LogP contribution in [0.4, 0.5) is 10.1 Å². The highest BCUT2D eigenvalue weighted by Crippen LogP contribution is 2.29. The van der Waals surface area contributed by atoms with Gasteiger partial charge in [0.25, 0.3) is 5.91 Å². The van der Waals surface area contributed by atoms with E-state index in [0.29, 0.717) is 15.6 Å². The molecule has 2 rings (SSSR count). The Labute approximate surface area is 159 Å². The Bertz CT molecular complexity index is 848. The maximum atomic E-state index is 13.3. The van der Waals surface area contributed by atoms with Crippen LogP contribution in [0.5, 0.6) is 5.75 Å².